The van der Waals surface area contributed by atoms with Crippen LogP contribution in [0.15, 0.2) is 48.5 Å². The van der Waals surface area contributed by atoms with Crippen LogP contribution >= 0.6 is 0 Å². The molecule has 2 amide bonds. The number of rotatable bonds is 8. The van der Waals surface area contributed by atoms with Gasteiger partial charge in [-0.2, -0.15) is 0 Å². The fraction of sp³-hybridized carbons (Fsp3) is 0.423. The fourth-order valence-electron chi connectivity index (χ4n) is 5.28. The van der Waals surface area contributed by atoms with Gasteiger partial charge in [-0.1, -0.05) is 61.4 Å². The highest BCUT2D eigenvalue weighted by Gasteiger charge is 2.48. The number of ether oxygens (including phenoxy) is 1. The zero-order valence-electron chi connectivity index (χ0n) is 19.4. The van der Waals surface area contributed by atoms with E-state index in [0.29, 0.717) is 12.8 Å². The molecule has 1 fully saturated rings. The smallest absolute Gasteiger partial charge is 0.407 e. The van der Waals surface area contributed by atoms with Crippen LogP contribution in [0.3, 0.4) is 0 Å². The van der Waals surface area contributed by atoms with Gasteiger partial charge < -0.3 is 20.1 Å². The van der Waals surface area contributed by atoms with Crippen molar-refractivity contribution in [1.82, 2.24) is 10.2 Å². The van der Waals surface area contributed by atoms with Gasteiger partial charge in [0.1, 0.15) is 18.2 Å². The number of halogens is 2. The number of carbonyl (C=O) groups excluding carboxylic acids is 2. The van der Waals surface area contributed by atoms with E-state index >= 15 is 0 Å². The van der Waals surface area contributed by atoms with Gasteiger partial charge in [-0.3, -0.25) is 4.79 Å². The van der Waals surface area contributed by atoms with Gasteiger partial charge in [0.15, 0.2) is 0 Å². The largest absolute Gasteiger partial charge is 0.479 e. The number of nitrogens with one attached hydrogen (secondary N) is 1. The first-order chi connectivity index (χ1) is 16.7. The molecule has 0 aromatic heterocycles. The Morgan fingerprint density at radius 2 is 1.60 bits per heavy atom. The quantitative estimate of drug-likeness (QED) is 0.577. The number of hydrogen-bond acceptors (Lipinski definition) is 4. The number of carbonyl (C=O) groups is 3. The maximum absolute atomic E-state index is 13.3. The van der Waals surface area contributed by atoms with Gasteiger partial charge in [-0.25, -0.2) is 18.4 Å². The Kier molecular flexibility index (Phi) is 7.05. The Morgan fingerprint density at radius 1 is 1.06 bits per heavy atom. The highest BCUT2D eigenvalue weighted by Crippen LogP contribution is 2.44. The number of likely N-dealkylation sites (N-methyl/N-ethyl adjacent to an activating group) is 1. The minimum Gasteiger partial charge on any atom is -0.479 e. The van der Waals surface area contributed by atoms with E-state index in [1.54, 1.807) is 0 Å². The third-order valence-corrected chi connectivity index (χ3v) is 7.15. The van der Waals surface area contributed by atoms with Crippen LogP contribution in [0.25, 0.3) is 11.1 Å². The van der Waals surface area contributed by atoms with Crippen LogP contribution in [0.2, 0.25) is 0 Å². The van der Waals surface area contributed by atoms with E-state index in [2.05, 4.69) is 5.32 Å². The average Bonchev–Trinajstić information content (AvgIpc) is 3.46. The van der Waals surface area contributed by atoms with Crippen molar-refractivity contribution in [2.24, 2.45) is 0 Å². The number of alkyl carbamates (subject to hydrolysis) is 1. The summed E-state index contributed by atoms with van der Waals surface area (Å²) in [6.07, 6.45) is -3.13. The Labute approximate surface area is 202 Å². The Morgan fingerprint density at radius 3 is 2.11 bits per heavy atom. The molecule has 4 rings (SSSR count). The minimum atomic E-state index is -2.88. The van der Waals surface area contributed by atoms with Crippen LogP contribution in [0.4, 0.5) is 13.6 Å². The number of nitrogens with zero attached hydrogens (tertiary/aromatic N) is 1. The minimum absolute atomic E-state index is 0.0373. The molecule has 7 nitrogen and oxygen atoms in total. The van der Waals surface area contributed by atoms with Crippen molar-refractivity contribution >= 4 is 18.0 Å². The molecule has 1 atom stereocenters. The van der Waals surface area contributed by atoms with Gasteiger partial charge in [-0.15, -0.1) is 0 Å². The van der Waals surface area contributed by atoms with E-state index < -0.39 is 42.4 Å². The summed E-state index contributed by atoms with van der Waals surface area (Å²) in [5, 5.41) is 12.0. The van der Waals surface area contributed by atoms with Crippen LogP contribution in [-0.4, -0.2) is 59.6 Å². The highest BCUT2D eigenvalue weighted by molar-refractivity contribution is 5.91. The van der Waals surface area contributed by atoms with Crippen molar-refractivity contribution in [3.05, 3.63) is 59.7 Å². The van der Waals surface area contributed by atoms with Crippen molar-refractivity contribution in [2.45, 2.75) is 56.0 Å². The lowest BCUT2D eigenvalue weighted by atomic mass is 9.94. The summed E-state index contributed by atoms with van der Waals surface area (Å²) in [7, 11) is 1.29. The number of hydrogen-bond donors (Lipinski definition) is 2. The average molecular weight is 487 g/mol. The Bertz CT molecular complexity index is 1070. The molecule has 9 heteroatoms. The van der Waals surface area contributed by atoms with E-state index in [0.717, 1.165) is 27.2 Å². The van der Waals surface area contributed by atoms with Crippen molar-refractivity contribution in [3.63, 3.8) is 0 Å². The zero-order valence-corrected chi connectivity index (χ0v) is 19.4. The molecule has 186 valence electrons. The lowest BCUT2D eigenvalue weighted by Crippen LogP contribution is -2.59. The molecule has 1 unspecified atom stereocenters. The third kappa shape index (κ3) is 4.72. The molecule has 2 aliphatic rings. The van der Waals surface area contributed by atoms with Gasteiger partial charge in [0, 0.05) is 19.4 Å². The second-order valence-electron chi connectivity index (χ2n) is 9.09. The summed E-state index contributed by atoms with van der Waals surface area (Å²) >= 11 is 0. The summed E-state index contributed by atoms with van der Waals surface area (Å²) in [5.74, 6) is -2.28. The number of amides is 2. The maximum Gasteiger partial charge on any atom is 0.407 e. The molecular formula is C26H28F2N2O5. The summed E-state index contributed by atoms with van der Waals surface area (Å²) in [4.78, 5) is 38.6. The van der Waals surface area contributed by atoms with E-state index in [1.807, 2.05) is 48.5 Å². The summed E-state index contributed by atoms with van der Waals surface area (Å²) < 4.78 is 31.9. The second-order valence-corrected chi connectivity index (χ2v) is 9.09. The van der Waals surface area contributed by atoms with Crippen LogP contribution in [0.1, 0.15) is 49.1 Å². The molecule has 0 radical (unpaired) electrons. The van der Waals surface area contributed by atoms with E-state index in [4.69, 9.17) is 4.74 Å². The fourth-order valence-corrected chi connectivity index (χ4v) is 5.28. The number of fused-ring (bicyclic) bond motifs is 3. The maximum atomic E-state index is 13.3. The number of benzene rings is 2. The van der Waals surface area contributed by atoms with Crippen molar-refractivity contribution in [3.8, 4) is 11.1 Å². The molecule has 2 aliphatic carbocycles. The molecule has 0 aliphatic heterocycles. The Hall–Kier alpha value is -3.49. The number of alkyl halides is 2. The molecule has 1 saturated carbocycles. The molecule has 0 spiro atoms. The van der Waals surface area contributed by atoms with Gasteiger partial charge >= 0.3 is 12.1 Å². The summed E-state index contributed by atoms with van der Waals surface area (Å²) in [5.41, 5.74) is 2.61. The van der Waals surface area contributed by atoms with Gasteiger partial charge in [-0.05, 0) is 35.1 Å². The summed E-state index contributed by atoms with van der Waals surface area (Å²) in [6.45, 7) is -0.0373. The van der Waals surface area contributed by atoms with Crippen molar-refractivity contribution in [1.29, 1.82) is 0 Å². The molecule has 2 aromatic rings. The van der Waals surface area contributed by atoms with Gasteiger partial charge in [0.05, 0.1) is 0 Å². The highest BCUT2D eigenvalue weighted by atomic mass is 19.3. The third-order valence-electron chi connectivity index (χ3n) is 7.15. The standard InChI is InChI=1S/C26H28F2N2O5/c1-30(26(24(32)33)12-6-7-13-26)23(31)21(14-22(27)28)29-25(34)35-15-20-18-10-4-2-8-16(18)17-9-3-5-11-19(17)20/h2-5,8-11,20-22H,6-7,12-15H2,1H3,(H,29,34)(H,32,33). The van der Waals surface area contributed by atoms with Crippen LogP contribution in [0.5, 0.6) is 0 Å². The van der Waals surface area contributed by atoms with Crippen LogP contribution in [0, 0.1) is 0 Å². The number of aliphatic carboxylic acids is 1. The van der Waals surface area contributed by atoms with Crippen LogP contribution < -0.4 is 5.32 Å². The Balaban J connectivity index is 1.46. The first-order valence-electron chi connectivity index (χ1n) is 11.7. The first-order valence-corrected chi connectivity index (χ1v) is 11.7. The summed E-state index contributed by atoms with van der Waals surface area (Å²) in [6, 6.07) is 13.9. The molecule has 35 heavy (non-hydrogen) atoms. The molecule has 0 bridgehead atoms. The lowest BCUT2D eigenvalue weighted by molar-refractivity contribution is -0.158. The zero-order chi connectivity index (χ0) is 25.2. The second kappa shape index (κ2) is 10.0. The lowest BCUT2D eigenvalue weighted by Gasteiger charge is -2.37. The van der Waals surface area contributed by atoms with Gasteiger partial charge in [0.25, 0.3) is 0 Å². The van der Waals surface area contributed by atoms with E-state index in [-0.39, 0.29) is 25.4 Å². The van der Waals surface area contributed by atoms with Crippen molar-refractivity contribution < 1.29 is 33.0 Å². The van der Waals surface area contributed by atoms with Crippen molar-refractivity contribution in [2.75, 3.05) is 13.7 Å². The normalized spacial score (nSPS) is 16.9. The SMILES string of the molecule is CN(C(=O)C(CC(F)F)NC(=O)OCC1c2ccccc2-c2ccccc21)C1(C(=O)O)CCCC1. The van der Waals surface area contributed by atoms with E-state index in [1.165, 1.54) is 7.05 Å². The predicted molar refractivity (Wildman–Crippen MR) is 124 cm³/mol. The molecule has 2 N–H and O–H groups in total. The van der Waals surface area contributed by atoms with Crippen LogP contribution in [-0.2, 0) is 14.3 Å². The number of carboxylic acid groups (broad SMARTS) is 1. The number of carboxylic acids is 1. The first kappa shape index (κ1) is 24.6. The predicted octanol–water partition coefficient (Wildman–Crippen LogP) is 4.40. The molecule has 0 saturated heterocycles. The molecule has 2 aromatic carbocycles. The topological polar surface area (TPSA) is 95.9 Å². The van der Waals surface area contributed by atoms with Gasteiger partial charge in [0.2, 0.25) is 12.3 Å². The monoisotopic (exact) mass is 486 g/mol. The van der Waals surface area contributed by atoms with E-state index in [9.17, 15) is 28.3 Å². The molecule has 0 heterocycles. The molecular weight excluding hydrogens is 458 g/mol.